The molecule has 112 valence electrons. The third kappa shape index (κ3) is 4.17. The van der Waals surface area contributed by atoms with E-state index < -0.39 is 0 Å². The van der Waals surface area contributed by atoms with E-state index in [0.717, 1.165) is 25.1 Å². The van der Waals surface area contributed by atoms with Gasteiger partial charge in [-0.1, -0.05) is 61.7 Å². The van der Waals surface area contributed by atoms with Crippen LogP contribution in [0.3, 0.4) is 0 Å². The first-order valence-electron chi connectivity index (χ1n) is 6.33. The zero-order valence-corrected chi connectivity index (χ0v) is 16.5. The molecule has 0 atom stereocenters. The van der Waals surface area contributed by atoms with E-state index in [4.69, 9.17) is 34.8 Å². The minimum Gasteiger partial charge on any atom is -0.126 e. The van der Waals surface area contributed by atoms with E-state index in [9.17, 15) is 0 Å². The molecule has 0 spiro atoms. The second kappa shape index (κ2) is 7.70. The molecule has 0 aromatic heterocycles. The molecule has 2 aromatic carbocycles. The highest BCUT2D eigenvalue weighted by Gasteiger charge is 2.31. The quantitative estimate of drug-likeness (QED) is 0.420. The summed E-state index contributed by atoms with van der Waals surface area (Å²) in [7, 11) is 0. The van der Waals surface area contributed by atoms with Gasteiger partial charge in [-0.25, -0.2) is 0 Å². The van der Waals surface area contributed by atoms with Gasteiger partial charge < -0.3 is 0 Å². The molecule has 0 fully saturated rings. The van der Waals surface area contributed by atoms with Crippen LogP contribution in [0, 0.1) is 0 Å². The molecule has 5 heteroatoms. The molecule has 2 aromatic rings. The van der Waals surface area contributed by atoms with Gasteiger partial charge in [0.25, 0.3) is 0 Å². The average Bonchev–Trinajstić information content (AvgIpc) is 2.48. The van der Waals surface area contributed by atoms with Crippen molar-refractivity contribution in [3.05, 3.63) is 67.6 Å². The summed E-state index contributed by atoms with van der Waals surface area (Å²) in [5.74, 6) is 0.870. The Morgan fingerprint density at radius 2 is 1.43 bits per heavy atom. The van der Waals surface area contributed by atoms with Crippen molar-refractivity contribution >= 4 is 66.7 Å². The molecule has 0 bridgehead atoms. The summed E-state index contributed by atoms with van der Waals surface area (Å²) < 4.78 is 1.99. The molecule has 0 heterocycles. The van der Waals surface area contributed by atoms with Crippen LogP contribution >= 0.6 is 66.7 Å². The van der Waals surface area contributed by atoms with Crippen molar-refractivity contribution in [1.82, 2.24) is 0 Å². The van der Waals surface area contributed by atoms with Crippen molar-refractivity contribution in [2.75, 3.05) is 11.8 Å². The molecule has 0 aliphatic heterocycles. The van der Waals surface area contributed by atoms with Crippen LogP contribution in [0.25, 0.3) is 0 Å². The van der Waals surface area contributed by atoms with E-state index in [1.165, 1.54) is 0 Å². The number of hydrogen-bond donors (Lipinski definition) is 0. The number of halogens is 5. The van der Waals surface area contributed by atoms with E-state index in [1.807, 2.05) is 30.3 Å². The SMILES string of the molecule is ClCC(CCl)(Cc1ccc(Br)cc1Cl)c1ccc(Br)cc1. The predicted molar refractivity (Wildman–Crippen MR) is 100 cm³/mol. The van der Waals surface area contributed by atoms with E-state index in [1.54, 1.807) is 0 Å². The Balaban J connectivity index is 2.40. The number of alkyl halides is 2. The summed E-state index contributed by atoms with van der Waals surface area (Å²) in [6, 6.07) is 14.0. The zero-order chi connectivity index (χ0) is 15.5. The molecule has 0 N–H and O–H groups in total. The van der Waals surface area contributed by atoms with Crippen LogP contribution < -0.4 is 0 Å². The van der Waals surface area contributed by atoms with E-state index in [2.05, 4.69) is 44.0 Å². The molecule has 0 nitrogen and oxygen atoms in total. The number of hydrogen-bond acceptors (Lipinski definition) is 0. The van der Waals surface area contributed by atoms with Crippen LogP contribution in [0.2, 0.25) is 5.02 Å². The fourth-order valence-corrected chi connectivity index (χ4v) is 4.01. The van der Waals surface area contributed by atoms with Gasteiger partial charge in [0, 0.05) is 31.1 Å². The third-order valence-corrected chi connectivity index (χ3v) is 5.91. The third-order valence-electron chi connectivity index (χ3n) is 3.51. The summed E-state index contributed by atoms with van der Waals surface area (Å²) in [4.78, 5) is 0. The summed E-state index contributed by atoms with van der Waals surface area (Å²) in [6.45, 7) is 0. The lowest BCUT2D eigenvalue weighted by Crippen LogP contribution is -2.33. The topological polar surface area (TPSA) is 0 Å². The molecule has 2 rings (SSSR count). The predicted octanol–water partition coefficient (Wildman–Crippen LogP) is 6.82. The first kappa shape index (κ1) is 17.6. The standard InChI is InChI=1S/C16H13Br2Cl3/c17-13-5-2-12(3-6-13)16(9-19,10-20)8-11-1-4-14(18)7-15(11)21/h1-7H,8-10H2. The Labute approximate surface area is 157 Å². The minimum atomic E-state index is -0.332. The molecule has 0 amide bonds. The Kier molecular flexibility index (Phi) is 6.46. The van der Waals surface area contributed by atoms with E-state index >= 15 is 0 Å². The fourth-order valence-electron chi connectivity index (χ4n) is 2.22. The van der Waals surface area contributed by atoms with Gasteiger partial charge >= 0.3 is 0 Å². The lowest BCUT2D eigenvalue weighted by Gasteiger charge is -2.31. The number of rotatable bonds is 5. The van der Waals surface area contributed by atoms with Crippen molar-refractivity contribution in [3.8, 4) is 0 Å². The highest BCUT2D eigenvalue weighted by Crippen LogP contribution is 2.35. The molecule has 0 saturated heterocycles. The zero-order valence-electron chi connectivity index (χ0n) is 11.1. The van der Waals surface area contributed by atoms with Gasteiger partial charge in [-0.15, -0.1) is 23.2 Å². The van der Waals surface area contributed by atoms with Crippen LogP contribution in [-0.4, -0.2) is 11.8 Å². The second-order valence-electron chi connectivity index (χ2n) is 4.97. The Bertz CT molecular complexity index is 607. The smallest absolute Gasteiger partial charge is 0.0449 e. The van der Waals surface area contributed by atoms with Crippen molar-refractivity contribution in [1.29, 1.82) is 0 Å². The van der Waals surface area contributed by atoms with Gasteiger partial charge in [-0.2, -0.15) is 0 Å². The Morgan fingerprint density at radius 1 is 0.857 bits per heavy atom. The highest BCUT2D eigenvalue weighted by atomic mass is 79.9. The largest absolute Gasteiger partial charge is 0.126 e. The number of benzene rings is 2. The van der Waals surface area contributed by atoms with Crippen molar-refractivity contribution in [2.24, 2.45) is 0 Å². The summed E-state index contributed by atoms with van der Waals surface area (Å²) >= 11 is 25.8. The van der Waals surface area contributed by atoms with Gasteiger partial charge in [-0.05, 0) is 41.8 Å². The molecular formula is C16H13Br2Cl3. The summed E-state index contributed by atoms with van der Waals surface area (Å²) in [5.41, 5.74) is 1.83. The highest BCUT2D eigenvalue weighted by molar-refractivity contribution is 9.10. The van der Waals surface area contributed by atoms with Gasteiger partial charge in [0.05, 0.1) is 0 Å². The first-order valence-corrected chi connectivity index (χ1v) is 9.36. The van der Waals surface area contributed by atoms with Gasteiger partial charge in [-0.3, -0.25) is 0 Å². The second-order valence-corrected chi connectivity index (χ2v) is 7.74. The van der Waals surface area contributed by atoms with E-state index in [-0.39, 0.29) is 5.41 Å². The maximum atomic E-state index is 6.34. The van der Waals surface area contributed by atoms with Gasteiger partial charge in [0.15, 0.2) is 0 Å². The van der Waals surface area contributed by atoms with Crippen molar-refractivity contribution < 1.29 is 0 Å². The monoisotopic (exact) mass is 468 g/mol. The first-order chi connectivity index (χ1) is 10.0. The summed E-state index contributed by atoms with van der Waals surface area (Å²) in [6.07, 6.45) is 0.702. The van der Waals surface area contributed by atoms with Crippen LogP contribution in [0.4, 0.5) is 0 Å². The summed E-state index contributed by atoms with van der Waals surface area (Å²) in [5, 5.41) is 0.723. The minimum absolute atomic E-state index is 0.332. The molecule has 0 aliphatic rings. The van der Waals surface area contributed by atoms with Crippen LogP contribution in [-0.2, 0) is 11.8 Å². The van der Waals surface area contributed by atoms with Gasteiger partial charge in [0.1, 0.15) is 0 Å². The molecule has 0 radical (unpaired) electrons. The average molecular weight is 471 g/mol. The van der Waals surface area contributed by atoms with Crippen LogP contribution in [0.1, 0.15) is 11.1 Å². The van der Waals surface area contributed by atoms with Crippen molar-refractivity contribution in [2.45, 2.75) is 11.8 Å². The van der Waals surface area contributed by atoms with Crippen LogP contribution in [0.15, 0.2) is 51.4 Å². The lowest BCUT2D eigenvalue weighted by atomic mass is 9.79. The molecule has 0 unspecified atom stereocenters. The fraction of sp³-hybridized carbons (Fsp3) is 0.250. The lowest BCUT2D eigenvalue weighted by molar-refractivity contribution is 0.536. The Hall–Kier alpha value is 0.270. The maximum Gasteiger partial charge on any atom is 0.0449 e. The molecule has 0 saturated carbocycles. The maximum absolute atomic E-state index is 6.34. The van der Waals surface area contributed by atoms with Crippen LogP contribution in [0.5, 0.6) is 0 Å². The molecule has 21 heavy (non-hydrogen) atoms. The molecular weight excluding hydrogens is 458 g/mol. The van der Waals surface area contributed by atoms with Gasteiger partial charge in [0.2, 0.25) is 0 Å². The Morgan fingerprint density at radius 3 is 1.95 bits per heavy atom. The van der Waals surface area contributed by atoms with Crippen molar-refractivity contribution in [3.63, 3.8) is 0 Å². The normalized spacial score (nSPS) is 11.7. The molecule has 0 aliphatic carbocycles. The van der Waals surface area contributed by atoms with E-state index in [0.29, 0.717) is 18.2 Å².